The molecular weight excluding hydrogens is 302 g/mol. The summed E-state index contributed by atoms with van der Waals surface area (Å²) in [5.41, 5.74) is -0.0285. The molecule has 0 radical (unpaired) electrons. The smallest absolute Gasteiger partial charge is 0.261 e. The summed E-state index contributed by atoms with van der Waals surface area (Å²) in [6.45, 7) is 5.44. The number of para-hydroxylation sites is 1. The van der Waals surface area contributed by atoms with Gasteiger partial charge in [-0.25, -0.2) is 0 Å². The Morgan fingerprint density at radius 2 is 2.04 bits per heavy atom. The number of nitrogens with zero attached hydrogens (tertiary/aromatic N) is 1. The summed E-state index contributed by atoms with van der Waals surface area (Å²) in [5, 5.41) is 10.7. The Balaban J connectivity index is 2.05. The molecule has 2 aromatic rings. The standard InChI is InChI=1S/C20H23NO3/c1-19(2,23)11-7-12-20(3)13-10-15-17(24-20)14-8-5-6-9-16(14)21(4)18(15)22/h5-11,13,23H,12H2,1-4H3/b11-7+. The lowest BCUT2D eigenvalue weighted by Gasteiger charge is -2.32. The fourth-order valence-electron chi connectivity index (χ4n) is 2.97. The highest BCUT2D eigenvalue weighted by molar-refractivity contribution is 5.89. The van der Waals surface area contributed by atoms with Crippen molar-refractivity contribution in [2.24, 2.45) is 7.05 Å². The van der Waals surface area contributed by atoms with Crippen molar-refractivity contribution in [3.8, 4) is 5.75 Å². The van der Waals surface area contributed by atoms with Crippen molar-refractivity contribution in [1.29, 1.82) is 0 Å². The second-order valence-corrected chi connectivity index (χ2v) is 7.13. The van der Waals surface area contributed by atoms with Crippen LogP contribution in [-0.4, -0.2) is 20.9 Å². The number of aromatic nitrogens is 1. The molecule has 4 nitrogen and oxygen atoms in total. The highest BCUT2D eigenvalue weighted by atomic mass is 16.5. The van der Waals surface area contributed by atoms with E-state index in [0.29, 0.717) is 17.7 Å². The molecule has 0 aliphatic carbocycles. The molecule has 1 unspecified atom stereocenters. The molecule has 0 fully saturated rings. The summed E-state index contributed by atoms with van der Waals surface area (Å²) >= 11 is 0. The lowest BCUT2D eigenvalue weighted by atomic mass is 9.95. The van der Waals surface area contributed by atoms with Crippen LogP contribution in [0.5, 0.6) is 5.75 Å². The Morgan fingerprint density at radius 1 is 1.33 bits per heavy atom. The zero-order chi connectivity index (χ0) is 17.5. The monoisotopic (exact) mass is 325 g/mol. The molecule has 0 saturated heterocycles. The van der Waals surface area contributed by atoms with E-state index in [1.807, 2.05) is 49.4 Å². The molecule has 1 aliphatic rings. The van der Waals surface area contributed by atoms with Crippen LogP contribution in [0.1, 0.15) is 32.8 Å². The van der Waals surface area contributed by atoms with E-state index in [0.717, 1.165) is 10.9 Å². The average molecular weight is 325 g/mol. The third-order valence-electron chi connectivity index (χ3n) is 4.28. The Kier molecular flexibility index (Phi) is 3.88. The Morgan fingerprint density at radius 3 is 2.75 bits per heavy atom. The van der Waals surface area contributed by atoms with Crippen molar-refractivity contribution in [2.45, 2.75) is 38.4 Å². The molecular formula is C20H23NO3. The minimum atomic E-state index is -0.852. The van der Waals surface area contributed by atoms with Crippen LogP contribution in [-0.2, 0) is 7.05 Å². The van der Waals surface area contributed by atoms with Gasteiger partial charge in [0.15, 0.2) is 0 Å². The lowest BCUT2D eigenvalue weighted by Crippen LogP contribution is -2.34. The molecule has 0 spiro atoms. The Labute approximate surface area is 141 Å². The number of aliphatic hydroxyl groups is 1. The van der Waals surface area contributed by atoms with Gasteiger partial charge < -0.3 is 14.4 Å². The fraction of sp³-hybridized carbons (Fsp3) is 0.350. The van der Waals surface area contributed by atoms with Gasteiger partial charge in [0, 0.05) is 18.9 Å². The van der Waals surface area contributed by atoms with Crippen LogP contribution < -0.4 is 10.3 Å². The van der Waals surface area contributed by atoms with Gasteiger partial charge in [0.05, 0.1) is 16.7 Å². The summed E-state index contributed by atoms with van der Waals surface area (Å²) in [6, 6.07) is 7.75. The van der Waals surface area contributed by atoms with Crippen molar-refractivity contribution in [1.82, 2.24) is 4.57 Å². The average Bonchev–Trinajstić information content (AvgIpc) is 2.51. The van der Waals surface area contributed by atoms with Gasteiger partial charge >= 0.3 is 0 Å². The van der Waals surface area contributed by atoms with Gasteiger partial charge in [-0.3, -0.25) is 4.79 Å². The second kappa shape index (κ2) is 5.64. The van der Waals surface area contributed by atoms with Gasteiger partial charge in [-0.15, -0.1) is 0 Å². The molecule has 0 amide bonds. The summed E-state index contributed by atoms with van der Waals surface area (Å²) < 4.78 is 7.90. The van der Waals surface area contributed by atoms with E-state index in [2.05, 4.69) is 0 Å². The van der Waals surface area contributed by atoms with Gasteiger partial charge in [-0.1, -0.05) is 24.3 Å². The van der Waals surface area contributed by atoms with E-state index < -0.39 is 11.2 Å². The van der Waals surface area contributed by atoms with Crippen LogP contribution in [0.3, 0.4) is 0 Å². The zero-order valence-electron chi connectivity index (χ0n) is 14.5. The predicted molar refractivity (Wildman–Crippen MR) is 97.3 cm³/mol. The first-order valence-electron chi connectivity index (χ1n) is 8.10. The van der Waals surface area contributed by atoms with Crippen molar-refractivity contribution in [2.75, 3.05) is 0 Å². The van der Waals surface area contributed by atoms with Gasteiger partial charge in [0.2, 0.25) is 0 Å². The number of aryl methyl sites for hydroxylation is 1. The number of rotatable bonds is 3. The van der Waals surface area contributed by atoms with E-state index in [9.17, 15) is 9.90 Å². The van der Waals surface area contributed by atoms with Gasteiger partial charge in [0.1, 0.15) is 11.4 Å². The highest BCUT2D eigenvalue weighted by Gasteiger charge is 2.29. The van der Waals surface area contributed by atoms with Crippen molar-refractivity contribution in [3.63, 3.8) is 0 Å². The largest absolute Gasteiger partial charge is 0.482 e. The minimum absolute atomic E-state index is 0.0611. The van der Waals surface area contributed by atoms with Crippen LogP contribution in [0, 0.1) is 0 Å². The molecule has 24 heavy (non-hydrogen) atoms. The van der Waals surface area contributed by atoms with Crippen LogP contribution >= 0.6 is 0 Å². The minimum Gasteiger partial charge on any atom is -0.482 e. The molecule has 4 heteroatoms. The summed E-state index contributed by atoms with van der Waals surface area (Å²) in [6.07, 6.45) is 8.05. The number of fused-ring (bicyclic) bond motifs is 3. The molecule has 0 saturated carbocycles. The molecule has 126 valence electrons. The molecule has 1 aromatic carbocycles. The summed E-state index contributed by atoms with van der Waals surface area (Å²) in [4.78, 5) is 12.6. The van der Waals surface area contributed by atoms with E-state index in [1.165, 1.54) is 0 Å². The number of ether oxygens (including phenoxy) is 1. The molecule has 3 rings (SSSR count). The number of benzene rings is 1. The highest BCUT2D eigenvalue weighted by Crippen LogP contribution is 2.36. The van der Waals surface area contributed by atoms with Crippen molar-refractivity contribution >= 4 is 17.0 Å². The Bertz CT molecular complexity index is 899. The normalized spacial score (nSPS) is 20.4. The number of pyridine rings is 1. The van der Waals surface area contributed by atoms with Crippen LogP contribution in [0.15, 0.2) is 47.3 Å². The van der Waals surface area contributed by atoms with E-state index in [4.69, 9.17) is 4.74 Å². The summed E-state index contributed by atoms with van der Waals surface area (Å²) in [7, 11) is 1.78. The van der Waals surface area contributed by atoms with E-state index in [-0.39, 0.29) is 5.56 Å². The van der Waals surface area contributed by atoms with Gasteiger partial charge in [-0.2, -0.15) is 0 Å². The van der Waals surface area contributed by atoms with Crippen LogP contribution in [0.4, 0.5) is 0 Å². The predicted octanol–water partition coefficient (Wildman–Crippen LogP) is 3.42. The van der Waals surface area contributed by atoms with E-state index in [1.54, 1.807) is 31.5 Å². The molecule has 2 heterocycles. The van der Waals surface area contributed by atoms with Gasteiger partial charge in [0.25, 0.3) is 5.56 Å². The SMILES string of the molecule is Cn1c(=O)c2c(c3ccccc31)OC(C)(C/C=C/C(C)(C)O)C=C2. The van der Waals surface area contributed by atoms with Crippen molar-refractivity contribution in [3.05, 3.63) is 58.4 Å². The van der Waals surface area contributed by atoms with Crippen LogP contribution in [0.2, 0.25) is 0 Å². The molecule has 1 N–H and O–H groups in total. The second-order valence-electron chi connectivity index (χ2n) is 7.13. The quantitative estimate of drug-likeness (QED) is 0.880. The molecule has 1 atom stereocenters. The first kappa shape index (κ1) is 16.5. The number of hydrogen-bond donors (Lipinski definition) is 1. The Hall–Kier alpha value is -2.33. The maximum Gasteiger partial charge on any atom is 0.261 e. The molecule has 1 aliphatic heterocycles. The van der Waals surface area contributed by atoms with Gasteiger partial charge in [-0.05, 0) is 45.1 Å². The molecule has 0 bridgehead atoms. The maximum atomic E-state index is 12.6. The van der Waals surface area contributed by atoms with Crippen molar-refractivity contribution < 1.29 is 9.84 Å². The van der Waals surface area contributed by atoms with E-state index >= 15 is 0 Å². The third kappa shape index (κ3) is 3.02. The first-order valence-corrected chi connectivity index (χ1v) is 8.10. The first-order chi connectivity index (χ1) is 11.2. The fourth-order valence-corrected chi connectivity index (χ4v) is 2.97. The zero-order valence-corrected chi connectivity index (χ0v) is 14.5. The van der Waals surface area contributed by atoms with Crippen LogP contribution in [0.25, 0.3) is 17.0 Å². The molecule has 1 aromatic heterocycles. The topological polar surface area (TPSA) is 51.5 Å². The summed E-state index contributed by atoms with van der Waals surface area (Å²) in [5.74, 6) is 0.635. The maximum absolute atomic E-state index is 12.6. The third-order valence-corrected chi connectivity index (χ3v) is 4.28. The number of hydrogen-bond acceptors (Lipinski definition) is 3. The lowest BCUT2D eigenvalue weighted by molar-refractivity contribution is 0.128.